The average molecular weight is 310 g/mol. The molecule has 0 heterocycles. The van der Waals surface area contributed by atoms with Gasteiger partial charge in [0.25, 0.3) is 0 Å². The Morgan fingerprint density at radius 3 is 1.08 bits per heavy atom. The molecule has 0 amide bonds. The van der Waals surface area contributed by atoms with E-state index >= 15 is 0 Å². The van der Waals surface area contributed by atoms with Gasteiger partial charge in [0.2, 0.25) is 0 Å². The van der Waals surface area contributed by atoms with Crippen molar-refractivity contribution in [3.8, 4) is 12.0 Å². The van der Waals surface area contributed by atoms with Crippen molar-refractivity contribution in [3.63, 3.8) is 0 Å². The summed E-state index contributed by atoms with van der Waals surface area (Å²) in [6.07, 6.45) is 5.72. The van der Waals surface area contributed by atoms with Crippen LogP contribution in [0.3, 0.4) is 0 Å². The van der Waals surface area contributed by atoms with Crippen LogP contribution >= 0.6 is 24.0 Å². The highest BCUT2D eigenvalue weighted by atomic mass is 127. The number of hydrogen-bond donors (Lipinski definition) is 0. The van der Waals surface area contributed by atoms with Crippen molar-refractivity contribution in [2.24, 2.45) is 0 Å². The van der Waals surface area contributed by atoms with Gasteiger partial charge in [-0.15, -0.1) is 35.9 Å². The van der Waals surface area contributed by atoms with Gasteiger partial charge in [0.15, 0.2) is 0 Å². The molecule has 78 valence electrons. The normalized spacial score (nSPS) is 11.7. The SMILES string of the molecule is C#C[Si](C(C)C)(C(C)C)C(C)C.I. The van der Waals surface area contributed by atoms with E-state index in [-0.39, 0.29) is 24.0 Å². The molecule has 0 nitrogen and oxygen atoms in total. The highest BCUT2D eigenvalue weighted by molar-refractivity contribution is 14.0. The second kappa shape index (κ2) is 6.08. The van der Waals surface area contributed by atoms with Crippen molar-refractivity contribution in [2.45, 2.75) is 58.2 Å². The maximum atomic E-state index is 5.72. The smallest absolute Gasteiger partial charge is 0.134 e. The molecule has 13 heavy (non-hydrogen) atoms. The molecule has 0 aromatic carbocycles. The van der Waals surface area contributed by atoms with E-state index in [0.717, 1.165) is 0 Å². The molecule has 0 fully saturated rings. The van der Waals surface area contributed by atoms with Gasteiger partial charge in [-0.3, -0.25) is 0 Å². The lowest BCUT2D eigenvalue weighted by Gasteiger charge is -2.37. The predicted octanol–water partition coefficient (Wildman–Crippen LogP) is 4.46. The van der Waals surface area contributed by atoms with E-state index in [4.69, 9.17) is 6.42 Å². The third kappa shape index (κ3) is 2.98. The molecule has 0 saturated heterocycles. The monoisotopic (exact) mass is 310 g/mol. The van der Waals surface area contributed by atoms with Gasteiger partial charge in [-0.2, -0.15) is 0 Å². The summed E-state index contributed by atoms with van der Waals surface area (Å²) < 4.78 is 0. The van der Waals surface area contributed by atoms with E-state index in [1.54, 1.807) is 0 Å². The predicted molar refractivity (Wildman–Crippen MR) is 75.3 cm³/mol. The molecule has 0 atom stereocenters. The van der Waals surface area contributed by atoms with Crippen LogP contribution in [0, 0.1) is 12.0 Å². The molecule has 0 aliphatic heterocycles. The van der Waals surface area contributed by atoms with E-state index in [9.17, 15) is 0 Å². The van der Waals surface area contributed by atoms with E-state index in [0.29, 0.717) is 16.6 Å². The van der Waals surface area contributed by atoms with Gasteiger partial charge in [-0.1, -0.05) is 41.5 Å². The molecule has 0 saturated carbocycles. The Bertz CT molecular complexity index is 155. The van der Waals surface area contributed by atoms with Crippen LogP contribution in [0.15, 0.2) is 0 Å². The highest BCUT2D eigenvalue weighted by Crippen LogP contribution is 2.40. The fourth-order valence-electron chi connectivity index (χ4n) is 2.50. The molecule has 0 aliphatic carbocycles. The maximum absolute atomic E-state index is 5.72. The number of hydrogen-bond acceptors (Lipinski definition) is 0. The van der Waals surface area contributed by atoms with E-state index in [1.165, 1.54) is 0 Å². The molecule has 0 bridgehead atoms. The van der Waals surface area contributed by atoms with Crippen molar-refractivity contribution in [2.75, 3.05) is 0 Å². The zero-order chi connectivity index (χ0) is 9.94. The summed E-state index contributed by atoms with van der Waals surface area (Å²) in [6.45, 7) is 13.7. The van der Waals surface area contributed by atoms with Crippen molar-refractivity contribution in [1.29, 1.82) is 0 Å². The summed E-state index contributed by atoms with van der Waals surface area (Å²) in [5.41, 5.74) is 5.24. The zero-order valence-electron chi connectivity index (χ0n) is 9.72. The minimum absolute atomic E-state index is 0. The summed E-state index contributed by atoms with van der Waals surface area (Å²) in [7, 11) is -1.47. The van der Waals surface area contributed by atoms with Gasteiger partial charge in [-0.25, -0.2) is 0 Å². The summed E-state index contributed by atoms with van der Waals surface area (Å²) in [4.78, 5) is 0. The van der Waals surface area contributed by atoms with Gasteiger partial charge < -0.3 is 0 Å². The molecule has 0 aromatic rings. The Balaban J connectivity index is 0. The van der Waals surface area contributed by atoms with Gasteiger partial charge >= 0.3 is 0 Å². The number of halogens is 1. The molecule has 0 unspecified atom stereocenters. The third-order valence-electron chi connectivity index (χ3n) is 3.12. The minimum Gasteiger partial charge on any atom is -0.134 e. The third-order valence-corrected chi connectivity index (χ3v) is 9.35. The second-order valence-electron chi connectivity index (χ2n) is 4.54. The average Bonchev–Trinajstić information content (AvgIpc) is 1.86. The Morgan fingerprint density at radius 2 is 1.08 bits per heavy atom. The molecular formula is C11H23ISi. The fourth-order valence-corrected chi connectivity index (χ4v) is 7.50. The molecule has 2 heteroatoms. The van der Waals surface area contributed by atoms with E-state index in [2.05, 4.69) is 47.1 Å². The van der Waals surface area contributed by atoms with Crippen LogP contribution in [0.5, 0.6) is 0 Å². The summed E-state index contributed by atoms with van der Waals surface area (Å²) in [5.74, 6) is 0. The first-order chi connectivity index (χ1) is 5.39. The zero-order valence-corrected chi connectivity index (χ0v) is 13.0. The molecule has 0 aromatic heterocycles. The topological polar surface area (TPSA) is 0 Å². The lowest BCUT2D eigenvalue weighted by Crippen LogP contribution is -2.43. The molecular weight excluding hydrogens is 287 g/mol. The van der Waals surface area contributed by atoms with Crippen LogP contribution in [-0.2, 0) is 0 Å². The van der Waals surface area contributed by atoms with Crippen molar-refractivity contribution >= 4 is 32.1 Å². The van der Waals surface area contributed by atoms with Crippen molar-refractivity contribution < 1.29 is 0 Å². The van der Waals surface area contributed by atoms with Crippen LogP contribution in [-0.4, -0.2) is 8.07 Å². The van der Waals surface area contributed by atoms with Crippen molar-refractivity contribution in [1.82, 2.24) is 0 Å². The first kappa shape index (κ1) is 16.0. The summed E-state index contributed by atoms with van der Waals surface area (Å²) in [5, 5.41) is 0. The molecule has 0 radical (unpaired) electrons. The van der Waals surface area contributed by atoms with Gasteiger partial charge in [0.05, 0.1) is 0 Å². The lowest BCUT2D eigenvalue weighted by molar-refractivity contribution is 0.838. The molecule has 0 N–H and O–H groups in total. The summed E-state index contributed by atoms with van der Waals surface area (Å²) >= 11 is 0. The summed E-state index contributed by atoms with van der Waals surface area (Å²) in [6, 6.07) is 0. The number of rotatable bonds is 3. The van der Waals surface area contributed by atoms with Gasteiger partial charge in [0, 0.05) is 0 Å². The maximum Gasteiger partial charge on any atom is 0.145 e. The van der Waals surface area contributed by atoms with Crippen LogP contribution in [0.2, 0.25) is 16.6 Å². The van der Waals surface area contributed by atoms with Gasteiger partial charge in [-0.05, 0) is 16.6 Å². The first-order valence-electron chi connectivity index (χ1n) is 4.87. The van der Waals surface area contributed by atoms with Crippen LogP contribution in [0.1, 0.15) is 41.5 Å². The largest absolute Gasteiger partial charge is 0.145 e. The fraction of sp³-hybridized carbons (Fsp3) is 0.818. The quantitative estimate of drug-likeness (QED) is 0.410. The van der Waals surface area contributed by atoms with E-state index < -0.39 is 8.07 Å². The van der Waals surface area contributed by atoms with Gasteiger partial charge in [0.1, 0.15) is 8.07 Å². The second-order valence-corrected chi connectivity index (χ2v) is 10.2. The molecule has 0 aliphatic rings. The Hall–Kier alpha value is 0.507. The first-order valence-corrected chi connectivity index (χ1v) is 7.10. The van der Waals surface area contributed by atoms with Crippen LogP contribution in [0.4, 0.5) is 0 Å². The number of terminal acetylenes is 1. The van der Waals surface area contributed by atoms with E-state index in [1.807, 2.05) is 0 Å². The Kier molecular flexibility index (Phi) is 7.46. The standard InChI is InChI=1S/C11H22Si.HI/c1-8-12(9(2)3,10(4)5)11(6)7;/h1,9-11H,2-7H3;1H. The lowest BCUT2D eigenvalue weighted by atomic mass is 10.5. The minimum atomic E-state index is -1.47. The van der Waals surface area contributed by atoms with Crippen LogP contribution < -0.4 is 0 Å². The Labute approximate surface area is 102 Å². The molecule has 0 spiro atoms. The Morgan fingerprint density at radius 1 is 0.846 bits per heavy atom. The highest BCUT2D eigenvalue weighted by Gasteiger charge is 2.41. The van der Waals surface area contributed by atoms with Crippen molar-refractivity contribution in [3.05, 3.63) is 0 Å². The molecule has 0 rings (SSSR count). The van der Waals surface area contributed by atoms with Crippen LogP contribution in [0.25, 0.3) is 0 Å².